The van der Waals surface area contributed by atoms with Gasteiger partial charge in [0.05, 0.1) is 34.5 Å². The van der Waals surface area contributed by atoms with Gasteiger partial charge in [-0.2, -0.15) is 5.10 Å². The number of rotatable bonds is 6. The Bertz CT molecular complexity index is 995. The maximum Gasteiger partial charge on any atom is 0.408 e. The van der Waals surface area contributed by atoms with Gasteiger partial charge in [-0.25, -0.2) is 9.59 Å². The Morgan fingerprint density at radius 1 is 1.28 bits per heavy atom. The molecule has 1 aromatic heterocycles. The molecule has 0 saturated heterocycles. The van der Waals surface area contributed by atoms with Gasteiger partial charge in [0.1, 0.15) is 5.60 Å². The number of carbonyl (C=O) groups excluding carboxylic acids is 2. The molecule has 2 aromatic rings. The molecule has 3 rings (SSSR count). The summed E-state index contributed by atoms with van der Waals surface area (Å²) in [4.78, 5) is 35.5. The summed E-state index contributed by atoms with van der Waals surface area (Å²) in [7, 11) is 1.55. The highest BCUT2D eigenvalue weighted by Gasteiger charge is 2.36. The topological polar surface area (TPSA) is 135 Å². The molecule has 0 radical (unpaired) electrons. The maximum atomic E-state index is 12.8. The number of alkyl carbamates (subject to hydrolysis) is 1. The minimum Gasteiger partial charge on any atom is -0.450 e. The van der Waals surface area contributed by atoms with Crippen LogP contribution >= 0.6 is 0 Å². The lowest BCUT2D eigenvalue weighted by Crippen LogP contribution is -2.46. The third-order valence-corrected chi connectivity index (χ3v) is 4.71. The molecular weight excluding hydrogens is 420 g/mol. The summed E-state index contributed by atoms with van der Waals surface area (Å²) in [5.41, 5.74) is 0.611. The molecule has 172 valence electrons. The van der Waals surface area contributed by atoms with Crippen molar-refractivity contribution >= 4 is 17.7 Å². The van der Waals surface area contributed by atoms with Gasteiger partial charge >= 0.3 is 12.1 Å². The van der Waals surface area contributed by atoms with Gasteiger partial charge in [0.15, 0.2) is 6.10 Å². The van der Waals surface area contributed by atoms with Gasteiger partial charge in [0.2, 0.25) is 0 Å². The number of carbonyl (C=O) groups is 2. The van der Waals surface area contributed by atoms with Crippen molar-refractivity contribution in [3.05, 3.63) is 57.4 Å². The van der Waals surface area contributed by atoms with E-state index in [4.69, 9.17) is 14.2 Å². The number of nitro groups is 1. The number of hydrogen-bond donors (Lipinski definition) is 1. The predicted octanol–water partition coefficient (Wildman–Crippen LogP) is 3.13. The third kappa shape index (κ3) is 5.61. The highest BCUT2D eigenvalue weighted by Crippen LogP contribution is 2.31. The van der Waals surface area contributed by atoms with E-state index in [0.29, 0.717) is 24.4 Å². The molecule has 32 heavy (non-hydrogen) atoms. The number of nitro benzene ring substituents is 1. The van der Waals surface area contributed by atoms with E-state index in [-0.39, 0.29) is 17.9 Å². The van der Waals surface area contributed by atoms with Crippen LogP contribution in [-0.2, 0) is 27.4 Å². The first-order chi connectivity index (χ1) is 15.1. The summed E-state index contributed by atoms with van der Waals surface area (Å²) in [5.74, 6) is -0.677. The third-order valence-electron chi connectivity index (χ3n) is 4.71. The van der Waals surface area contributed by atoms with E-state index in [1.165, 1.54) is 24.3 Å². The van der Waals surface area contributed by atoms with Crippen molar-refractivity contribution in [2.24, 2.45) is 0 Å². The first kappa shape index (κ1) is 23.2. The van der Waals surface area contributed by atoms with Crippen LogP contribution in [0.5, 0.6) is 0 Å². The summed E-state index contributed by atoms with van der Waals surface area (Å²) < 4.78 is 18.0. The van der Waals surface area contributed by atoms with Gasteiger partial charge in [-0.1, -0.05) is 0 Å². The molecule has 0 aliphatic carbocycles. The summed E-state index contributed by atoms with van der Waals surface area (Å²) in [6.07, 6.45) is -1.00. The average Bonchev–Trinajstić information content (AvgIpc) is 3.11. The number of aromatic nitrogens is 2. The molecule has 2 heterocycles. The molecule has 2 atom stereocenters. The zero-order valence-corrected chi connectivity index (χ0v) is 18.4. The van der Waals surface area contributed by atoms with Crippen LogP contribution < -0.4 is 5.32 Å². The fraction of sp³-hybridized carbons (Fsp3) is 0.476. The number of hydrogen-bond acceptors (Lipinski definition) is 8. The molecule has 0 spiro atoms. The zero-order chi connectivity index (χ0) is 23.5. The van der Waals surface area contributed by atoms with Gasteiger partial charge in [-0.05, 0) is 45.4 Å². The Balaban J connectivity index is 1.84. The lowest BCUT2D eigenvalue weighted by Gasteiger charge is -2.33. The van der Waals surface area contributed by atoms with Gasteiger partial charge in [-0.15, -0.1) is 0 Å². The number of methoxy groups -OCH3 is 1. The molecule has 0 saturated carbocycles. The molecule has 0 bridgehead atoms. The number of nitrogens with zero attached hydrogens (tertiary/aromatic N) is 3. The number of non-ortho nitro benzene ring substituents is 1. The van der Waals surface area contributed by atoms with Crippen molar-refractivity contribution < 1.29 is 28.7 Å². The summed E-state index contributed by atoms with van der Waals surface area (Å²) in [5, 5.41) is 18.1. The zero-order valence-electron chi connectivity index (χ0n) is 18.4. The molecule has 1 aliphatic heterocycles. The maximum absolute atomic E-state index is 12.8. The SMILES string of the molecule is COCc1cc2n(n1)CCC(NC(=O)OC(C)(C)C)C2OC(=O)c1ccc([N+](=O)[O-])cc1. The van der Waals surface area contributed by atoms with E-state index in [0.717, 1.165) is 0 Å². The van der Waals surface area contributed by atoms with Crippen molar-refractivity contribution in [2.75, 3.05) is 7.11 Å². The van der Waals surface area contributed by atoms with Crippen molar-refractivity contribution in [1.29, 1.82) is 0 Å². The number of nitrogens with one attached hydrogen (secondary N) is 1. The van der Waals surface area contributed by atoms with Crippen LogP contribution in [0.4, 0.5) is 10.5 Å². The molecule has 0 fully saturated rings. The Hall–Kier alpha value is -3.47. The number of amides is 1. The van der Waals surface area contributed by atoms with E-state index >= 15 is 0 Å². The van der Waals surface area contributed by atoms with Crippen LogP contribution in [-0.4, -0.2) is 45.5 Å². The highest BCUT2D eigenvalue weighted by molar-refractivity contribution is 5.89. The highest BCUT2D eigenvalue weighted by atomic mass is 16.6. The number of fused-ring (bicyclic) bond motifs is 1. The first-order valence-electron chi connectivity index (χ1n) is 10.1. The molecule has 1 N–H and O–H groups in total. The Morgan fingerprint density at radius 3 is 2.56 bits per heavy atom. The Labute approximate surface area is 184 Å². The van der Waals surface area contributed by atoms with Gasteiger partial charge in [0, 0.05) is 25.8 Å². The van der Waals surface area contributed by atoms with Crippen molar-refractivity contribution in [3.63, 3.8) is 0 Å². The standard InChI is InChI=1S/C21H26N4O7/c1-21(2,3)32-20(27)22-16-9-10-24-17(11-14(23-24)12-30-4)18(16)31-19(26)13-5-7-15(8-6-13)25(28)29/h5-8,11,16,18H,9-10,12H2,1-4H3,(H,22,27). The molecule has 1 aromatic carbocycles. The molecular formula is C21H26N4O7. The second kappa shape index (κ2) is 9.35. The normalized spacial score (nSPS) is 17.9. The van der Waals surface area contributed by atoms with Gasteiger partial charge < -0.3 is 19.5 Å². The van der Waals surface area contributed by atoms with E-state index in [1.807, 2.05) is 0 Å². The van der Waals surface area contributed by atoms with Crippen molar-refractivity contribution in [2.45, 2.75) is 58.1 Å². The van der Waals surface area contributed by atoms with Gasteiger partial charge in [0.25, 0.3) is 5.69 Å². The van der Waals surface area contributed by atoms with Crippen LogP contribution in [0.2, 0.25) is 0 Å². The largest absolute Gasteiger partial charge is 0.450 e. The predicted molar refractivity (Wildman–Crippen MR) is 112 cm³/mol. The van der Waals surface area contributed by atoms with E-state index in [9.17, 15) is 19.7 Å². The van der Waals surface area contributed by atoms with Gasteiger partial charge in [-0.3, -0.25) is 14.8 Å². The summed E-state index contributed by atoms with van der Waals surface area (Å²) in [6.45, 7) is 6.06. The van der Waals surface area contributed by atoms with Crippen molar-refractivity contribution in [1.82, 2.24) is 15.1 Å². The second-order valence-electron chi connectivity index (χ2n) is 8.39. The van der Waals surface area contributed by atoms with Crippen LogP contribution in [0.25, 0.3) is 0 Å². The number of aryl methyl sites for hydroxylation is 1. The molecule has 1 aliphatic rings. The molecule has 11 nitrogen and oxygen atoms in total. The van der Waals surface area contributed by atoms with Crippen LogP contribution in [0.3, 0.4) is 0 Å². The average molecular weight is 446 g/mol. The number of benzene rings is 1. The lowest BCUT2D eigenvalue weighted by molar-refractivity contribution is -0.384. The molecule has 1 amide bonds. The van der Waals surface area contributed by atoms with E-state index < -0.39 is 34.7 Å². The minimum absolute atomic E-state index is 0.133. The van der Waals surface area contributed by atoms with Crippen LogP contribution in [0, 0.1) is 10.1 Å². The van der Waals surface area contributed by atoms with Crippen LogP contribution in [0.1, 0.15) is 55.0 Å². The Morgan fingerprint density at radius 2 is 1.97 bits per heavy atom. The summed E-state index contributed by atoms with van der Waals surface area (Å²) in [6, 6.07) is 6.33. The van der Waals surface area contributed by atoms with Crippen LogP contribution in [0.15, 0.2) is 30.3 Å². The van der Waals surface area contributed by atoms with E-state index in [1.54, 1.807) is 38.6 Å². The molecule has 11 heteroatoms. The monoisotopic (exact) mass is 446 g/mol. The fourth-order valence-corrected chi connectivity index (χ4v) is 3.38. The summed E-state index contributed by atoms with van der Waals surface area (Å²) >= 11 is 0. The minimum atomic E-state index is -0.836. The second-order valence-corrected chi connectivity index (χ2v) is 8.39. The quantitative estimate of drug-likeness (QED) is 0.406. The number of ether oxygens (including phenoxy) is 3. The van der Waals surface area contributed by atoms with E-state index in [2.05, 4.69) is 10.4 Å². The number of esters is 1. The smallest absolute Gasteiger partial charge is 0.408 e. The Kier molecular flexibility index (Phi) is 6.78. The molecule has 2 unspecified atom stereocenters. The fourth-order valence-electron chi connectivity index (χ4n) is 3.38. The first-order valence-corrected chi connectivity index (χ1v) is 10.1. The lowest BCUT2D eigenvalue weighted by atomic mass is 10.00. The van der Waals surface area contributed by atoms with Crippen molar-refractivity contribution in [3.8, 4) is 0 Å².